The number of hydrogen-bond donors (Lipinski definition) is 1. The second kappa shape index (κ2) is 6.47. The number of nitrogens with one attached hydrogen (secondary N) is 1. The van der Waals surface area contributed by atoms with E-state index in [0.717, 1.165) is 18.2 Å². The Labute approximate surface area is 150 Å². The summed E-state index contributed by atoms with van der Waals surface area (Å²) in [6, 6.07) is 8.95. The highest BCUT2D eigenvalue weighted by Gasteiger charge is 2.28. The molecule has 1 fully saturated rings. The molecule has 2 aromatic carbocycles. The van der Waals surface area contributed by atoms with Crippen LogP contribution in [0.3, 0.4) is 0 Å². The van der Waals surface area contributed by atoms with Crippen LogP contribution in [0, 0.1) is 5.82 Å². The van der Waals surface area contributed by atoms with Gasteiger partial charge in [0.05, 0.1) is 16.5 Å². The lowest BCUT2D eigenvalue weighted by Gasteiger charge is -2.17. The SMILES string of the molecule is O=S(=O)(Nc1ccc(N2CCCS2(=O)=O)cc1)c1ccc(F)cc1Cl. The van der Waals surface area contributed by atoms with Gasteiger partial charge in [0.2, 0.25) is 10.0 Å². The molecule has 1 heterocycles. The molecule has 0 amide bonds. The third-order valence-electron chi connectivity index (χ3n) is 3.69. The molecule has 0 bridgehead atoms. The predicted molar refractivity (Wildman–Crippen MR) is 94.4 cm³/mol. The Morgan fingerprint density at radius 3 is 2.36 bits per heavy atom. The van der Waals surface area contributed by atoms with Gasteiger partial charge < -0.3 is 0 Å². The first-order chi connectivity index (χ1) is 11.7. The molecule has 6 nitrogen and oxygen atoms in total. The summed E-state index contributed by atoms with van der Waals surface area (Å²) in [5, 5.41) is -0.229. The van der Waals surface area contributed by atoms with Crippen LogP contribution in [0.4, 0.5) is 15.8 Å². The van der Waals surface area contributed by atoms with Crippen molar-refractivity contribution in [3.05, 3.63) is 53.3 Å². The zero-order chi connectivity index (χ0) is 18.2. The lowest BCUT2D eigenvalue weighted by Crippen LogP contribution is -2.25. The molecule has 0 radical (unpaired) electrons. The number of sulfonamides is 2. The van der Waals surface area contributed by atoms with Crippen LogP contribution in [-0.4, -0.2) is 29.1 Å². The van der Waals surface area contributed by atoms with E-state index in [9.17, 15) is 21.2 Å². The molecular weight excluding hydrogens is 391 g/mol. The summed E-state index contributed by atoms with van der Waals surface area (Å²) in [6.45, 7) is 0.401. The van der Waals surface area contributed by atoms with Gasteiger partial charge in [-0.1, -0.05) is 11.6 Å². The van der Waals surface area contributed by atoms with Crippen molar-refractivity contribution in [2.24, 2.45) is 0 Å². The highest BCUT2D eigenvalue weighted by atomic mass is 35.5. The average Bonchev–Trinajstić information content (AvgIpc) is 2.86. The van der Waals surface area contributed by atoms with Gasteiger partial charge in [-0.15, -0.1) is 0 Å². The molecule has 1 aliphatic rings. The largest absolute Gasteiger partial charge is 0.280 e. The van der Waals surface area contributed by atoms with Gasteiger partial charge in [-0.25, -0.2) is 21.2 Å². The average molecular weight is 405 g/mol. The van der Waals surface area contributed by atoms with E-state index in [2.05, 4.69) is 4.72 Å². The minimum Gasteiger partial charge on any atom is -0.280 e. The van der Waals surface area contributed by atoms with E-state index in [1.54, 1.807) is 0 Å². The maximum absolute atomic E-state index is 13.1. The second-order valence-electron chi connectivity index (χ2n) is 5.47. The number of anilines is 2. The number of halogens is 2. The Balaban J connectivity index is 1.84. The van der Waals surface area contributed by atoms with E-state index in [0.29, 0.717) is 18.7 Å². The molecule has 25 heavy (non-hydrogen) atoms. The normalized spacial score (nSPS) is 16.8. The van der Waals surface area contributed by atoms with Crippen molar-refractivity contribution in [1.29, 1.82) is 0 Å². The van der Waals surface area contributed by atoms with E-state index in [1.165, 1.54) is 28.6 Å². The third kappa shape index (κ3) is 3.73. The number of nitrogens with zero attached hydrogens (tertiary/aromatic N) is 1. The highest BCUT2D eigenvalue weighted by molar-refractivity contribution is 7.93. The molecular formula is C15H14ClFN2O4S2. The Morgan fingerprint density at radius 2 is 1.80 bits per heavy atom. The van der Waals surface area contributed by atoms with Crippen molar-refractivity contribution in [3.8, 4) is 0 Å². The molecule has 1 aliphatic heterocycles. The monoisotopic (exact) mass is 404 g/mol. The first kappa shape index (κ1) is 18.0. The van der Waals surface area contributed by atoms with E-state index in [1.807, 2.05) is 0 Å². The van der Waals surface area contributed by atoms with Crippen molar-refractivity contribution in [1.82, 2.24) is 0 Å². The van der Waals surface area contributed by atoms with E-state index >= 15 is 0 Å². The van der Waals surface area contributed by atoms with Crippen LogP contribution in [0.1, 0.15) is 6.42 Å². The van der Waals surface area contributed by atoms with E-state index in [-0.39, 0.29) is 21.4 Å². The van der Waals surface area contributed by atoms with Crippen LogP contribution in [0.25, 0.3) is 0 Å². The molecule has 0 unspecified atom stereocenters. The van der Waals surface area contributed by atoms with Crippen LogP contribution in [0.15, 0.2) is 47.4 Å². The molecule has 0 atom stereocenters. The summed E-state index contributed by atoms with van der Waals surface area (Å²) in [7, 11) is -7.30. The quantitative estimate of drug-likeness (QED) is 0.849. The molecule has 0 saturated carbocycles. The molecule has 0 aromatic heterocycles. The first-order valence-corrected chi connectivity index (χ1v) is 10.7. The summed E-state index contributed by atoms with van der Waals surface area (Å²) in [6.07, 6.45) is 0.555. The number of hydrogen-bond acceptors (Lipinski definition) is 4. The summed E-state index contributed by atoms with van der Waals surface area (Å²) in [5.41, 5.74) is 0.709. The summed E-state index contributed by atoms with van der Waals surface area (Å²) in [5.74, 6) is -0.537. The standard InChI is InChI=1S/C15H14ClFN2O4S2/c16-14-10-11(17)2-7-15(14)25(22,23)18-12-3-5-13(6-4-12)19-8-1-9-24(19,20)21/h2-7,10,18H,1,8-9H2. The van der Waals surface area contributed by atoms with Gasteiger partial charge in [0, 0.05) is 12.2 Å². The third-order valence-corrected chi connectivity index (χ3v) is 7.42. The fourth-order valence-electron chi connectivity index (χ4n) is 2.53. The van der Waals surface area contributed by atoms with Crippen molar-refractivity contribution in [2.75, 3.05) is 21.3 Å². The van der Waals surface area contributed by atoms with Gasteiger partial charge in [-0.05, 0) is 48.9 Å². The van der Waals surface area contributed by atoms with Crippen LogP contribution in [-0.2, 0) is 20.0 Å². The fraction of sp³-hybridized carbons (Fsp3) is 0.200. The Morgan fingerprint density at radius 1 is 1.12 bits per heavy atom. The lowest BCUT2D eigenvalue weighted by atomic mass is 10.3. The lowest BCUT2D eigenvalue weighted by molar-refractivity contribution is 0.597. The van der Waals surface area contributed by atoms with Gasteiger partial charge in [-0.2, -0.15) is 0 Å². The van der Waals surface area contributed by atoms with Gasteiger partial charge in [0.1, 0.15) is 10.7 Å². The van der Waals surface area contributed by atoms with Gasteiger partial charge in [0.25, 0.3) is 10.0 Å². The van der Waals surface area contributed by atoms with Gasteiger partial charge in [0.15, 0.2) is 0 Å². The van der Waals surface area contributed by atoms with Crippen molar-refractivity contribution >= 4 is 43.0 Å². The zero-order valence-corrected chi connectivity index (χ0v) is 15.2. The summed E-state index contributed by atoms with van der Waals surface area (Å²) in [4.78, 5) is -0.248. The maximum atomic E-state index is 13.1. The van der Waals surface area contributed by atoms with Crippen LogP contribution in [0.5, 0.6) is 0 Å². The first-order valence-electron chi connectivity index (χ1n) is 7.27. The molecule has 1 N–H and O–H groups in total. The second-order valence-corrected chi connectivity index (χ2v) is 9.54. The molecule has 2 aromatic rings. The molecule has 3 rings (SSSR count). The van der Waals surface area contributed by atoms with Gasteiger partial charge in [-0.3, -0.25) is 9.03 Å². The number of rotatable bonds is 4. The topological polar surface area (TPSA) is 83.6 Å². The fourth-order valence-corrected chi connectivity index (χ4v) is 5.68. The van der Waals surface area contributed by atoms with Crippen LogP contribution < -0.4 is 9.03 Å². The Kier molecular flexibility index (Phi) is 4.65. The minimum absolute atomic E-state index is 0.102. The van der Waals surface area contributed by atoms with Gasteiger partial charge >= 0.3 is 0 Å². The Hall–Kier alpha value is -1.84. The predicted octanol–water partition coefficient (Wildman–Crippen LogP) is 2.82. The molecule has 1 saturated heterocycles. The van der Waals surface area contributed by atoms with E-state index < -0.39 is 25.9 Å². The molecule has 0 spiro atoms. The highest BCUT2D eigenvalue weighted by Crippen LogP contribution is 2.28. The zero-order valence-electron chi connectivity index (χ0n) is 12.8. The van der Waals surface area contributed by atoms with E-state index in [4.69, 9.17) is 11.6 Å². The van der Waals surface area contributed by atoms with Crippen molar-refractivity contribution in [2.45, 2.75) is 11.3 Å². The maximum Gasteiger partial charge on any atom is 0.263 e. The van der Waals surface area contributed by atoms with Crippen LogP contribution in [0.2, 0.25) is 5.02 Å². The molecule has 134 valence electrons. The summed E-state index contributed by atoms with van der Waals surface area (Å²) >= 11 is 5.79. The minimum atomic E-state index is -4.00. The van der Waals surface area contributed by atoms with Crippen molar-refractivity contribution in [3.63, 3.8) is 0 Å². The van der Waals surface area contributed by atoms with Crippen LogP contribution >= 0.6 is 11.6 Å². The van der Waals surface area contributed by atoms with Crippen molar-refractivity contribution < 1.29 is 21.2 Å². The molecule has 0 aliphatic carbocycles. The molecule has 10 heteroatoms. The smallest absolute Gasteiger partial charge is 0.263 e. The Bertz CT molecular complexity index is 1010. The summed E-state index contributed by atoms with van der Waals surface area (Å²) < 4.78 is 65.2. The number of benzene rings is 2.